The van der Waals surface area contributed by atoms with E-state index in [-0.39, 0.29) is 11.3 Å². The number of hydrogen-bond acceptors (Lipinski definition) is 4. The molecule has 1 saturated heterocycles. The molecule has 3 N–H and O–H groups in total. The van der Waals surface area contributed by atoms with Crippen molar-refractivity contribution in [3.63, 3.8) is 0 Å². The Kier molecular flexibility index (Phi) is 6.12. The minimum absolute atomic E-state index is 0.155. The number of amides is 3. The number of thioether (sulfide) groups is 1. The van der Waals surface area contributed by atoms with Crippen molar-refractivity contribution >= 4 is 29.7 Å². The molecule has 8 heteroatoms. The Labute approximate surface area is 122 Å². The second kappa shape index (κ2) is 7.37. The van der Waals surface area contributed by atoms with Gasteiger partial charge in [-0.2, -0.15) is 0 Å². The molecule has 0 saturated carbocycles. The number of urea groups is 1. The second-order valence-corrected chi connectivity index (χ2v) is 5.83. The van der Waals surface area contributed by atoms with Gasteiger partial charge in [-0.3, -0.25) is 9.69 Å². The molecule has 0 aromatic rings. The van der Waals surface area contributed by atoms with Gasteiger partial charge in [-0.1, -0.05) is 13.3 Å². The molecule has 1 aliphatic heterocycles. The average Bonchev–Trinajstić information content (AvgIpc) is 2.82. The fraction of sp³-hybridized carbons (Fsp3) is 0.750. The molecular formula is C12H21N3O4S. The fourth-order valence-corrected chi connectivity index (χ4v) is 3.55. The lowest BCUT2D eigenvalue weighted by atomic mass is 10.2. The van der Waals surface area contributed by atoms with Gasteiger partial charge in [-0.15, -0.1) is 11.8 Å². The maximum atomic E-state index is 12.2. The van der Waals surface area contributed by atoms with E-state index in [1.54, 1.807) is 6.92 Å². The zero-order valence-corrected chi connectivity index (χ0v) is 12.7. The largest absolute Gasteiger partial charge is 0.480 e. The lowest BCUT2D eigenvalue weighted by molar-refractivity contribution is -0.141. The Hall–Kier alpha value is -1.44. The first-order valence-electron chi connectivity index (χ1n) is 6.57. The quantitative estimate of drug-likeness (QED) is 0.685. The third kappa shape index (κ3) is 3.78. The number of rotatable bonds is 5. The van der Waals surface area contributed by atoms with Crippen LogP contribution in [0.15, 0.2) is 0 Å². The highest BCUT2D eigenvalue weighted by atomic mass is 32.2. The predicted molar refractivity (Wildman–Crippen MR) is 76.5 cm³/mol. The van der Waals surface area contributed by atoms with E-state index >= 15 is 0 Å². The minimum atomic E-state index is -1.01. The molecule has 1 fully saturated rings. The summed E-state index contributed by atoms with van der Waals surface area (Å²) in [6.07, 6.45) is 1.59. The van der Waals surface area contributed by atoms with Crippen molar-refractivity contribution in [3.8, 4) is 0 Å². The molecule has 3 amide bonds. The summed E-state index contributed by atoms with van der Waals surface area (Å²) in [5.41, 5.74) is 0. The van der Waals surface area contributed by atoms with Crippen LogP contribution in [0.1, 0.15) is 26.7 Å². The highest BCUT2D eigenvalue weighted by Crippen LogP contribution is 2.32. The standard InChI is InChI=1S/C12H21N3O4S/c1-4-5-9-15(8(6-20-9)11(17)18)12(19)14-7(2)10(16)13-3/h7-9H,4-6H2,1-3H3,(H,13,16)(H,14,19)(H,17,18). The number of carboxylic acid groups (broad SMARTS) is 1. The van der Waals surface area contributed by atoms with Crippen molar-refractivity contribution in [2.24, 2.45) is 0 Å². The van der Waals surface area contributed by atoms with Gasteiger partial charge >= 0.3 is 12.0 Å². The summed E-state index contributed by atoms with van der Waals surface area (Å²) in [5.74, 6) is -0.954. The average molecular weight is 303 g/mol. The van der Waals surface area contributed by atoms with Gasteiger partial charge < -0.3 is 15.7 Å². The molecule has 3 atom stereocenters. The van der Waals surface area contributed by atoms with Crippen LogP contribution in [-0.4, -0.2) is 58.2 Å². The molecule has 1 rings (SSSR count). The number of nitrogens with zero attached hydrogens (tertiary/aromatic N) is 1. The smallest absolute Gasteiger partial charge is 0.327 e. The predicted octanol–water partition coefficient (Wildman–Crippen LogP) is 0.459. The van der Waals surface area contributed by atoms with Gasteiger partial charge in [-0.05, 0) is 13.3 Å². The Bertz CT molecular complexity index is 391. The van der Waals surface area contributed by atoms with E-state index in [4.69, 9.17) is 0 Å². The van der Waals surface area contributed by atoms with E-state index in [1.807, 2.05) is 6.92 Å². The van der Waals surface area contributed by atoms with Crippen molar-refractivity contribution in [1.29, 1.82) is 0 Å². The van der Waals surface area contributed by atoms with Crippen molar-refractivity contribution in [2.75, 3.05) is 12.8 Å². The summed E-state index contributed by atoms with van der Waals surface area (Å²) in [6, 6.07) is -2.04. The van der Waals surface area contributed by atoms with E-state index in [9.17, 15) is 19.5 Å². The monoisotopic (exact) mass is 303 g/mol. The summed E-state index contributed by atoms with van der Waals surface area (Å²) >= 11 is 1.46. The summed E-state index contributed by atoms with van der Waals surface area (Å²) < 4.78 is 0. The lowest BCUT2D eigenvalue weighted by Gasteiger charge is -2.28. The number of hydrogen-bond donors (Lipinski definition) is 3. The van der Waals surface area contributed by atoms with E-state index < -0.39 is 24.1 Å². The van der Waals surface area contributed by atoms with Crippen LogP contribution in [0.25, 0.3) is 0 Å². The van der Waals surface area contributed by atoms with Crippen LogP contribution < -0.4 is 10.6 Å². The third-order valence-electron chi connectivity index (χ3n) is 3.13. The van der Waals surface area contributed by atoms with Crippen molar-refractivity contribution in [1.82, 2.24) is 15.5 Å². The highest BCUT2D eigenvalue weighted by Gasteiger charge is 2.41. The van der Waals surface area contributed by atoms with Gasteiger partial charge in [0.05, 0.1) is 5.37 Å². The normalized spacial score (nSPS) is 23.2. The fourth-order valence-electron chi connectivity index (χ4n) is 2.04. The van der Waals surface area contributed by atoms with E-state index in [2.05, 4.69) is 10.6 Å². The molecule has 0 bridgehead atoms. The lowest BCUT2D eigenvalue weighted by Crippen LogP contribution is -2.54. The van der Waals surface area contributed by atoms with Crippen LogP contribution in [0.3, 0.4) is 0 Å². The molecule has 0 spiro atoms. The van der Waals surface area contributed by atoms with Crippen molar-refractivity contribution in [3.05, 3.63) is 0 Å². The topological polar surface area (TPSA) is 98.7 Å². The Balaban J connectivity index is 2.78. The van der Waals surface area contributed by atoms with Gasteiger partial charge in [0.25, 0.3) is 0 Å². The van der Waals surface area contributed by atoms with Crippen LogP contribution in [0.2, 0.25) is 0 Å². The van der Waals surface area contributed by atoms with Crippen LogP contribution in [0, 0.1) is 0 Å². The first-order valence-corrected chi connectivity index (χ1v) is 7.62. The number of aliphatic carboxylic acids is 1. The summed E-state index contributed by atoms with van der Waals surface area (Å²) in [6.45, 7) is 3.54. The maximum Gasteiger partial charge on any atom is 0.327 e. The van der Waals surface area contributed by atoms with Crippen LogP contribution in [-0.2, 0) is 9.59 Å². The summed E-state index contributed by atoms with van der Waals surface area (Å²) in [7, 11) is 1.48. The molecule has 1 aliphatic rings. The van der Waals surface area contributed by atoms with Gasteiger partial charge in [0.15, 0.2) is 0 Å². The number of carboxylic acids is 1. The molecule has 0 radical (unpaired) electrons. The van der Waals surface area contributed by atoms with Gasteiger partial charge in [0, 0.05) is 12.8 Å². The number of carbonyl (C=O) groups excluding carboxylic acids is 2. The van der Waals surface area contributed by atoms with Crippen LogP contribution in [0.5, 0.6) is 0 Å². The molecule has 3 unspecified atom stereocenters. The Morgan fingerprint density at radius 3 is 2.60 bits per heavy atom. The first-order chi connectivity index (χ1) is 9.42. The number of carbonyl (C=O) groups is 3. The molecule has 1 heterocycles. The third-order valence-corrected chi connectivity index (χ3v) is 4.48. The van der Waals surface area contributed by atoms with Crippen molar-refractivity contribution in [2.45, 2.75) is 44.1 Å². The molecule has 0 aliphatic carbocycles. The zero-order valence-electron chi connectivity index (χ0n) is 11.9. The van der Waals surface area contributed by atoms with Crippen LogP contribution in [0.4, 0.5) is 4.79 Å². The van der Waals surface area contributed by atoms with Crippen molar-refractivity contribution < 1.29 is 19.5 Å². The Morgan fingerprint density at radius 1 is 1.45 bits per heavy atom. The van der Waals surface area contributed by atoms with Crippen LogP contribution >= 0.6 is 11.8 Å². The Morgan fingerprint density at radius 2 is 2.10 bits per heavy atom. The number of nitrogens with one attached hydrogen (secondary N) is 2. The minimum Gasteiger partial charge on any atom is -0.480 e. The summed E-state index contributed by atoms with van der Waals surface area (Å²) in [5, 5.41) is 14.0. The van der Waals surface area contributed by atoms with E-state index in [0.717, 1.165) is 12.8 Å². The molecule has 114 valence electrons. The number of likely N-dealkylation sites (N-methyl/N-ethyl adjacent to an activating group) is 1. The SMILES string of the molecule is CCCC1SCC(C(=O)O)N1C(=O)NC(C)C(=O)NC. The first kappa shape index (κ1) is 16.6. The maximum absolute atomic E-state index is 12.2. The van der Waals surface area contributed by atoms with E-state index in [1.165, 1.54) is 23.7 Å². The molecule has 0 aromatic carbocycles. The van der Waals surface area contributed by atoms with Gasteiger partial charge in [0.1, 0.15) is 12.1 Å². The van der Waals surface area contributed by atoms with Gasteiger partial charge in [0.2, 0.25) is 5.91 Å². The zero-order chi connectivity index (χ0) is 15.3. The highest BCUT2D eigenvalue weighted by molar-refractivity contribution is 8.00. The van der Waals surface area contributed by atoms with Gasteiger partial charge in [-0.25, -0.2) is 9.59 Å². The second-order valence-electron chi connectivity index (χ2n) is 4.62. The molecule has 7 nitrogen and oxygen atoms in total. The molecule has 20 heavy (non-hydrogen) atoms. The van der Waals surface area contributed by atoms with E-state index in [0.29, 0.717) is 5.75 Å². The molecule has 0 aromatic heterocycles. The molecular weight excluding hydrogens is 282 g/mol. The summed E-state index contributed by atoms with van der Waals surface area (Å²) in [4.78, 5) is 36.2.